The van der Waals surface area contributed by atoms with E-state index in [-0.39, 0.29) is 17.4 Å². The molecule has 1 aliphatic heterocycles. The van der Waals surface area contributed by atoms with E-state index in [0.29, 0.717) is 27.9 Å². The van der Waals surface area contributed by atoms with Crippen LogP contribution in [0.15, 0.2) is 23.1 Å². The minimum absolute atomic E-state index is 0.0393. The Morgan fingerprint density at radius 2 is 2.08 bits per heavy atom. The Balaban J connectivity index is 2.27. The first kappa shape index (κ1) is 18.7. The summed E-state index contributed by atoms with van der Waals surface area (Å²) in [7, 11) is 0. The summed E-state index contributed by atoms with van der Waals surface area (Å²) in [6.07, 6.45) is 2.48. The van der Waals surface area contributed by atoms with E-state index >= 15 is 0 Å². The number of halogens is 2. The second kappa shape index (κ2) is 8.43. The Morgan fingerprint density at radius 3 is 2.71 bits per heavy atom. The van der Waals surface area contributed by atoms with Crippen molar-refractivity contribution in [2.45, 2.75) is 26.9 Å². The van der Waals surface area contributed by atoms with Crippen LogP contribution >= 0.6 is 24.0 Å². The number of hydrogen-bond acceptors (Lipinski definition) is 5. The normalized spacial score (nSPS) is 16.4. The van der Waals surface area contributed by atoms with E-state index in [9.17, 15) is 13.6 Å². The summed E-state index contributed by atoms with van der Waals surface area (Å²) in [4.78, 5) is 14.4. The number of benzene rings is 1. The van der Waals surface area contributed by atoms with Crippen molar-refractivity contribution in [1.29, 1.82) is 0 Å². The fourth-order valence-corrected chi connectivity index (χ4v) is 3.45. The molecule has 0 bridgehead atoms. The van der Waals surface area contributed by atoms with Gasteiger partial charge in [-0.1, -0.05) is 37.0 Å². The van der Waals surface area contributed by atoms with Crippen LogP contribution in [0, 0.1) is 0 Å². The third kappa shape index (κ3) is 4.45. The largest absolute Gasteiger partial charge is 0.490 e. The van der Waals surface area contributed by atoms with Gasteiger partial charge in [0.2, 0.25) is 0 Å². The van der Waals surface area contributed by atoms with Gasteiger partial charge in [0, 0.05) is 6.54 Å². The number of ether oxygens (including phenoxy) is 2. The summed E-state index contributed by atoms with van der Waals surface area (Å²) in [6, 6.07) is 4.55. The second-order valence-electron chi connectivity index (χ2n) is 4.85. The van der Waals surface area contributed by atoms with Gasteiger partial charge in [0.05, 0.1) is 11.5 Å². The van der Waals surface area contributed by atoms with Gasteiger partial charge < -0.3 is 9.47 Å². The van der Waals surface area contributed by atoms with Gasteiger partial charge in [-0.15, -0.1) is 0 Å². The van der Waals surface area contributed by atoms with E-state index in [1.165, 1.54) is 17.8 Å². The van der Waals surface area contributed by atoms with Crippen LogP contribution in [-0.2, 0) is 4.79 Å². The monoisotopic (exact) mass is 373 g/mol. The van der Waals surface area contributed by atoms with Crippen LogP contribution in [0.2, 0.25) is 0 Å². The minimum atomic E-state index is -2.93. The number of amides is 1. The van der Waals surface area contributed by atoms with Gasteiger partial charge in [-0.3, -0.25) is 9.69 Å². The van der Waals surface area contributed by atoms with Gasteiger partial charge in [-0.05, 0) is 37.1 Å². The average Bonchev–Trinajstić information content (AvgIpc) is 2.78. The Morgan fingerprint density at radius 1 is 1.33 bits per heavy atom. The molecule has 0 radical (unpaired) electrons. The molecule has 0 atom stereocenters. The molecule has 0 spiro atoms. The number of carbonyl (C=O) groups is 1. The lowest BCUT2D eigenvalue weighted by Crippen LogP contribution is -2.28. The number of rotatable bonds is 7. The van der Waals surface area contributed by atoms with Gasteiger partial charge in [0.1, 0.15) is 4.32 Å². The van der Waals surface area contributed by atoms with E-state index in [1.807, 2.05) is 6.92 Å². The first-order chi connectivity index (χ1) is 11.5. The minimum Gasteiger partial charge on any atom is -0.490 e. The fraction of sp³-hybridized carbons (Fsp3) is 0.375. The van der Waals surface area contributed by atoms with Crippen LogP contribution in [0.5, 0.6) is 11.5 Å². The molecule has 4 nitrogen and oxygen atoms in total. The molecule has 0 N–H and O–H groups in total. The highest BCUT2D eigenvalue weighted by atomic mass is 32.2. The van der Waals surface area contributed by atoms with Crippen molar-refractivity contribution < 1.29 is 23.0 Å². The molecular weight excluding hydrogens is 356 g/mol. The zero-order valence-electron chi connectivity index (χ0n) is 13.3. The number of carbonyl (C=O) groups excluding carboxylic acids is 1. The van der Waals surface area contributed by atoms with Crippen molar-refractivity contribution >= 4 is 40.3 Å². The van der Waals surface area contributed by atoms with E-state index in [1.54, 1.807) is 30.0 Å². The Bertz CT molecular complexity index is 665. The summed E-state index contributed by atoms with van der Waals surface area (Å²) in [5, 5.41) is 0. The van der Waals surface area contributed by atoms with E-state index < -0.39 is 6.61 Å². The third-order valence-corrected chi connectivity index (χ3v) is 4.48. The molecule has 1 heterocycles. The second-order valence-corrected chi connectivity index (χ2v) is 6.53. The highest BCUT2D eigenvalue weighted by molar-refractivity contribution is 8.26. The molecule has 1 aromatic rings. The number of alkyl halides is 2. The van der Waals surface area contributed by atoms with Crippen molar-refractivity contribution in [3.63, 3.8) is 0 Å². The molecule has 24 heavy (non-hydrogen) atoms. The zero-order valence-corrected chi connectivity index (χ0v) is 14.9. The van der Waals surface area contributed by atoms with Crippen LogP contribution in [-0.4, -0.2) is 34.9 Å². The number of hydrogen-bond donors (Lipinski definition) is 0. The molecule has 2 rings (SSSR count). The summed E-state index contributed by atoms with van der Waals surface area (Å²) in [6.45, 7) is 1.67. The molecule has 8 heteroatoms. The summed E-state index contributed by atoms with van der Waals surface area (Å²) < 4.78 is 35.1. The number of nitrogens with zero attached hydrogens (tertiary/aromatic N) is 1. The lowest BCUT2D eigenvalue weighted by Gasteiger charge is -2.12. The van der Waals surface area contributed by atoms with E-state index in [4.69, 9.17) is 17.0 Å². The molecular formula is C16H17F2NO3S2. The Kier molecular flexibility index (Phi) is 6.56. The van der Waals surface area contributed by atoms with Crippen LogP contribution < -0.4 is 9.47 Å². The molecule has 1 aliphatic rings. The van der Waals surface area contributed by atoms with E-state index in [2.05, 4.69) is 4.74 Å². The molecule has 0 aromatic heterocycles. The summed E-state index contributed by atoms with van der Waals surface area (Å²) >= 11 is 6.44. The maximum Gasteiger partial charge on any atom is 0.387 e. The molecule has 1 fully saturated rings. The quantitative estimate of drug-likeness (QED) is 0.526. The van der Waals surface area contributed by atoms with Crippen molar-refractivity contribution in [1.82, 2.24) is 4.90 Å². The SMILES string of the molecule is CCCN1C(=O)/C(=C\c2ccc(OC(F)F)c(OCC)c2)SC1=S. The molecule has 0 saturated carbocycles. The van der Waals surface area contributed by atoms with E-state index in [0.717, 1.165) is 6.42 Å². The van der Waals surface area contributed by atoms with Crippen LogP contribution in [0.3, 0.4) is 0 Å². The maximum absolute atomic E-state index is 12.4. The van der Waals surface area contributed by atoms with Crippen molar-refractivity contribution in [2.75, 3.05) is 13.2 Å². The lowest BCUT2D eigenvalue weighted by molar-refractivity contribution is -0.122. The van der Waals surface area contributed by atoms with Gasteiger partial charge >= 0.3 is 6.61 Å². The lowest BCUT2D eigenvalue weighted by atomic mass is 10.2. The number of thioether (sulfide) groups is 1. The standard InChI is InChI=1S/C16H17F2NO3S2/c1-3-7-19-14(20)13(24-16(19)23)9-10-5-6-11(22-15(17)18)12(8-10)21-4-2/h5-6,8-9,15H,3-4,7H2,1-2H3/b13-9+. The molecule has 130 valence electrons. The molecule has 0 unspecified atom stereocenters. The average molecular weight is 373 g/mol. The Hall–Kier alpha value is -1.67. The van der Waals surface area contributed by atoms with Gasteiger partial charge in [0.25, 0.3) is 5.91 Å². The summed E-state index contributed by atoms with van der Waals surface area (Å²) in [5.41, 5.74) is 0.650. The van der Waals surface area contributed by atoms with Crippen molar-refractivity contribution in [2.24, 2.45) is 0 Å². The number of thiocarbonyl (C=S) groups is 1. The van der Waals surface area contributed by atoms with Crippen molar-refractivity contribution in [3.8, 4) is 11.5 Å². The molecule has 0 aliphatic carbocycles. The predicted molar refractivity (Wildman–Crippen MR) is 94.4 cm³/mol. The van der Waals surface area contributed by atoms with Gasteiger partial charge in [-0.2, -0.15) is 8.78 Å². The highest BCUT2D eigenvalue weighted by Gasteiger charge is 2.31. The molecule has 1 aromatic carbocycles. The van der Waals surface area contributed by atoms with Crippen LogP contribution in [0.25, 0.3) is 6.08 Å². The smallest absolute Gasteiger partial charge is 0.387 e. The highest BCUT2D eigenvalue weighted by Crippen LogP contribution is 2.35. The first-order valence-corrected chi connectivity index (χ1v) is 8.65. The molecule has 1 saturated heterocycles. The van der Waals surface area contributed by atoms with Gasteiger partial charge in [0.15, 0.2) is 11.5 Å². The predicted octanol–water partition coefficient (Wildman–Crippen LogP) is 4.30. The van der Waals surface area contributed by atoms with Crippen LogP contribution in [0.1, 0.15) is 25.8 Å². The Labute approximate surface area is 148 Å². The maximum atomic E-state index is 12.4. The van der Waals surface area contributed by atoms with Crippen molar-refractivity contribution in [3.05, 3.63) is 28.7 Å². The zero-order chi connectivity index (χ0) is 17.7. The summed E-state index contributed by atoms with van der Waals surface area (Å²) in [5.74, 6) is 0.0239. The topological polar surface area (TPSA) is 38.8 Å². The first-order valence-electron chi connectivity index (χ1n) is 7.43. The fourth-order valence-electron chi connectivity index (χ4n) is 2.14. The molecule has 1 amide bonds. The third-order valence-electron chi connectivity index (χ3n) is 3.10. The van der Waals surface area contributed by atoms with Gasteiger partial charge in [-0.25, -0.2) is 0 Å². The van der Waals surface area contributed by atoms with Crippen LogP contribution in [0.4, 0.5) is 8.78 Å².